The number of anilines is 1. The monoisotopic (exact) mass is 524 g/mol. The first kappa shape index (κ1) is 25.9. The Morgan fingerprint density at radius 2 is 2.03 bits per heavy atom. The summed E-state index contributed by atoms with van der Waals surface area (Å²) in [6.07, 6.45) is 4.23. The Bertz CT molecular complexity index is 1390. The summed E-state index contributed by atoms with van der Waals surface area (Å²) in [5.74, 6) is 0.505. The van der Waals surface area contributed by atoms with Gasteiger partial charge in [-0.25, -0.2) is 18.8 Å². The molecule has 1 aromatic carbocycles. The lowest BCUT2D eigenvalue weighted by Gasteiger charge is -2.29. The number of aromatic nitrogens is 3. The lowest BCUT2D eigenvalue weighted by atomic mass is 10.2. The second-order valence-corrected chi connectivity index (χ2v) is 9.60. The number of halogens is 2. The lowest BCUT2D eigenvalue weighted by Crippen LogP contribution is -2.41. The number of rotatable bonds is 7. The van der Waals surface area contributed by atoms with E-state index in [2.05, 4.69) is 49.1 Å². The molecule has 0 saturated carbocycles. The molecule has 0 aliphatic carbocycles. The number of nitrogens with one attached hydrogen (secondary N) is 3. The number of H-pyrrole nitrogens is 2. The second-order valence-electron chi connectivity index (χ2n) is 9.60. The van der Waals surface area contributed by atoms with Crippen molar-refractivity contribution in [2.45, 2.75) is 52.9 Å². The summed E-state index contributed by atoms with van der Waals surface area (Å²) in [6.45, 7) is 11.7. The van der Waals surface area contributed by atoms with Gasteiger partial charge in [0.1, 0.15) is 11.7 Å². The van der Waals surface area contributed by atoms with E-state index in [0.717, 1.165) is 50.2 Å². The highest BCUT2D eigenvalue weighted by molar-refractivity contribution is 6.09. The molecule has 2 aliphatic rings. The fourth-order valence-electron chi connectivity index (χ4n) is 5.21. The largest absolute Gasteiger partial charge is 0.446 e. The van der Waals surface area contributed by atoms with Crippen molar-refractivity contribution in [1.29, 1.82) is 0 Å². The van der Waals surface area contributed by atoms with Crippen molar-refractivity contribution in [3.05, 3.63) is 47.3 Å². The fourth-order valence-corrected chi connectivity index (χ4v) is 5.21. The van der Waals surface area contributed by atoms with Gasteiger partial charge in [-0.2, -0.15) is 5.10 Å². The van der Waals surface area contributed by atoms with Crippen LogP contribution in [-0.2, 0) is 0 Å². The van der Waals surface area contributed by atoms with Gasteiger partial charge in [0.2, 0.25) is 0 Å². The third-order valence-corrected chi connectivity index (χ3v) is 7.06. The van der Waals surface area contributed by atoms with Gasteiger partial charge in [0.15, 0.2) is 23.2 Å². The Morgan fingerprint density at radius 1 is 1.21 bits per heavy atom. The van der Waals surface area contributed by atoms with E-state index in [9.17, 15) is 4.39 Å². The quantitative estimate of drug-likeness (QED) is 0.409. The number of hydrogen-bond acceptors (Lipinski definition) is 7. The van der Waals surface area contributed by atoms with Gasteiger partial charge in [-0.3, -0.25) is 10.00 Å². The predicted octanol–water partition coefficient (Wildman–Crippen LogP) is 4.90. The highest BCUT2D eigenvalue weighted by atomic mass is 19.1. The first-order valence-electron chi connectivity index (χ1n) is 13.1. The number of likely N-dealkylation sites (tertiary alicyclic amines) is 1. The van der Waals surface area contributed by atoms with Gasteiger partial charge < -0.3 is 19.9 Å². The molecule has 3 aromatic rings. The molecule has 4 heterocycles. The number of aryl methyl sites for hydroxylation is 1. The number of benzene rings is 1. The van der Waals surface area contributed by atoms with Crippen LogP contribution in [0.1, 0.15) is 45.0 Å². The number of hydrogen-bond donors (Lipinski definition) is 3. The number of ether oxygens (including phenoxy) is 1. The molecule has 5 rings (SSSR count). The first-order chi connectivity index (χ1) is 18.4. The number of allylic oxidation sites excluding steroid dienone is 1. The molecule has 2 aromatic heterocycles. The molecule has 0 bridgehead atoms. The number of amidine groups is 2. The molecule has 1 saturated heterocycles. The zero-order chi connectivity index (χ0) is 26.8. The number of aromatic amines is 2. The zero-order valence-electron chi connectivity index (χ0n) is 22.2. The summed E-state index contributed by atoms with van der Waals surface area (Å²) < 4.78 is 35.9. The van der Waals surface area contributed by atoms with Crippen LogP contribution < -0.4 is 10.1 Å². The number of aliphatic imine (C=N–C) groups is 2. The average Bonchev–Trinajstić information content (AvgIpc) is 3.64. The lowest BCUT2D eigenvalue weighted by molar-refractivity contribution is 0.205. The van der Waals surface area contributed by atoms with Gasteiger partial charge in [0.25, 0.3) is 6.35 Å². The van der Waals surface area contributed by atoms with Crippen molar-refractivity contribution < 1.29 is 13.5 Å². The third-order valence-electron chi connectivity index (χ3n) is 7.06. The molecule has 2 unspecified atom stereocenters. The maximum Gasteiger partial charge on any atom is 0.291 e. The summed E-state index contributed by atoms with van der Waals surface area (Å²) in [5.41, 5.74) is 1.62. The van der Waals surface area contributed by atoms with Crippen molar-refractivity contribution in [3.63, 3.8) is 0 Å². The van der Waals surface area contributed by atoms with Crippen LogP contribution >= 0.6 is 0 Å². The van der Waals surface area contributed by atoms with Crippen LogP contribution in [0.3, 0.4) is 0 Å². The number of nitrogens with zero attached hydrogens (tertiary/aromatic N) is 5. The standard InChI is InChI=1S/C27H34F2N8O/c1-5-8-17-12-23(35-34-17)31-22-14-24(37-10-9-18(15-37)36(6-2)7-3)33-27(32-22)38-21-13-20(28)26-19(25(21)29)11-16(4)30-26/h5,8,11-13,18,27,30H,6-7,9-10,14-15H2,1-4H3,(H2,31,32,34,35)/b8-5+. The van der Waals surface area contributed by atoms with E-state index in [1.165, 1.54) is 0 Å². The second kappa shape index (κ2) is 10.9. The molecular weight excluding hydrogens is 490 g/mol. The zero-order valence-corrected chi connectivity index (χ0v) is 22.2. The summed E-state index contributed by atoms with van der Waals surface area (Å²) in [5, 5.41) is 10.6. The number of likely N-dealkylation sites (N-methyl/N-ethyl adjacent to an activating group) is 1. The van der Waals surface area contributed by atoms with Crippen molar-refractivity contribution in [2.24, 2.45) is 9.98 Å². The van der Waals surface area contributed by atoms with Crippen molar-refractivity contribution >= 4 is 34.5 Å². The van der Waals surface area contributed by atoms with Crippen LogP contribution in [0, 0.1) is 18.6 Å². The Kier molecular flexibility index (Phi) is 7.46. The maximum atomic E-state index is 15.3. The van der Waals surface area contributed by atoms with E-state index in [1.54, 1.807) is 13.0 Å². The maximum absolute atomic E-state index is 15.3. The van der Waals surface area contributed by atoms with E-state index >= 15 is 4.39 Å². The van der Waals surface area contributed by atoms with Crippen molar-refractivity contribution in [2.75, 3.05) is 31.5 Å². The van der Waals surface area contributed by atoms with Crippen LogP contribution in [0.5, 0.6) is 5.75 Å². The van der Waals surface area contributed by atoms with Gasteiger partial charge in [-0.05, 0) is 45.5 Å². The summed E-state index contributed by atoms with van der Waals surface area (Å²) in [4.78, 5) is 16.8. The first-order valence-corrected chi connectivity index (χ1v) is 13.1. The van der Waals surface area contributed by atoms with Gasteiger partial charge in [0.05, 0.1) is 17.6 Å². The van der Waals surface area contributed by atoms with E-state index < -0.39 is 18.0 Å². The minimum Gasteiger partial charge on any atom is -0.446 e. The van der Waals surface area contributed by atoms with Crippen LogP contribution in [0.2, 0.25) is 0 Å². The molecule has 202 valence electrons. The highest BCUT2D eigenvalue weighted by Crippen LogP contribution is 2.31. The molecule has 11 heteroatoms. The molecule has 1 fully saturated rings. The smallest absolute Gasteiger partial charge is 0.291 e. The Hall–Kier alpha value is -3.73. The van der Waals surface area contributed by atoms with E-state index in [0.29, 0.717) is 29.8 Å². The Balaban J connectivity index is 1.43. The molecule has 2 atom stereocenters. The SMILES string of the molecule is C/C=C/c1cc(NC2=NC(Oc3cc(F)c4[nH]c(C)cc4c3F)N=C(N3CCC(N(CC)CC)C3)C2)n[nH]1. The van der Waals surface area contributed by atoms with Crippen LogP contribution in [0.25, 0.3) is 17.0 Å². The molecular formula is C27H34F2N8O. The third kappa shape index (κ3) is 5.28. The summed E-state index contributed by atoms with van der Waals surface area (Å²) >= 11 is 0. The normalized spacial score (nSPS) is 20.0. The van der Waals surface area contributed by atoms with Crippen LogP contribution in [-0.4, -0.2) is 75.2 Å². The van der Waals surface area contributed by atoms with Gasteiger partial charge in [0, 0.05) is 42.3 Å². The average molecular weight is 525 g/mol. The van der Waals surface area contributed by atoms with Crippen molar-refractivity contribution in [1.82, 2.24) is 25.0 Å². The molecule has 0 spiro atoms. The molecule has 0 radical (unpaired) electrons. The molecule has 2 aliphatic heterocycles. The van der Waals surface area contributed by atoms with E-state index in [4.69, 9.17) is 9.73 Å². The minimum absolute atomic E-state index is 0.112. The van der Waals surface area contributed by atoms with Gasteiger partial charge in [-0.1, -0.05) is 19.9 Å². The number of fused-ring (bicyclic) bond motifs is 1. The van der Waals surface area contributed by atoms with E-state index in [1.807, 2.05) is 25.1 Å². The summed E-state index contributed by atoms with van der Waals surface area (Å²) in [6, 6.07) is 4.91. The van der Waals surface area contributed by atoms with Crippen LogP contribution in [0.4, 0.5) is 14.6 Å². The van der Waals surface area contributed by atoms with Gasteiger partial charge >= 0.3 is 0 Å². The van der Waals surface area contributed by atoms with Gasteiger partial charge in [-0.15, -0.1) is 0 Å². The highest BCUT2D eigenvalue weighted by Gasteiger charge is 2.31. The minimum atomic E-state index is -1.07. The molecule has 38 heavy (non-hydrogen) atoms. The topological polar surface area (TPSA) is 96.9 Å². The molecule has 3 N–H and O–H groups in total. The fraction of sp³-hybridized carbons (Fsp3) is 0.444. The molecule has 9 nitrogen and oxygen atoms in total. The van der Waals surface area contributed by atoms with Crippen molar-refractivity contribution in [3.8, 4) is 5.75 Å². The predicted molar refractivity (Wildman–Crippen MR) is 147 cm³/mol. The Labute approximate surface area is 220 Å². The van der Waals surface area contributed by atoms with Crippen LogP contribution in [0.15, 0.2) is 34.3 Å². The molecule has 0 amide bonds. The summed E-state index contributed by atoms with van der Waals surface area (Å²) in [7, 11) is 0. The van der Waals surface area contributed by atoms with E-state index in [-0.39, 0.29) is 16.7 Å². The Morgan fingerprint density at radius 3 is 2.79 bits per heavy atom.